The lowest BCUT2D eigenvalue weighted by Gasteiger charge is -2.16. The molecule has 1 saturated carbocycles. The molecule has 0 saturated heterocycles. The second-order valence-corrected chi connectivity index (χ2v) is 8.24. The molecule has 0 spiro atoms. The van der Waals surface area contributed by atoms with Crippen LogP contribution in [0.1, 0.15) is 64.0 Å². The summed E-state index contributed by atoms with van der Waals surface area (Å²) in [4.78, 5) is 24.0. The van der Waals surface area contributed by atoms with Crippen LogP contribution in [-0.4, -0.2) is 17.9 Å². The molecule has 3 heteroatoms. The molecule has 1 fully saturated rings. The first-order chi connectivity index (χ1) is 13.4. The number of carbonyl (C=O) groups excluding carboxylic acids is 2. The standard InChI is InChI=1S/C25H34O3/c1-18(2)28-25(27)10-8-6-5-7-9-23-22(20(4)17-24(23)26)16-15-21-13-11-19(3)12-14-21/h5,7,11-16,18,20,22-23H,6,8-10,17H2,1-4H3/b7-5-,16-15+/t20-,22+,23-/m1/s1. The molecule has 3 atom stereocenters. The number of ketones is 1. The predicted molar refractivity (Wildman–Crippen MR) is 115 cm³/mol. The monoisotopic (exact) mass is 382 g/mol. The van der Waals surface area contributed by atoms with Crippen LogP contribution >= 0.6 is 0 Å². The van der Waals surface area contributed by atoms with Gasteiger partial charge in [0.05, 0.1) is 6.10 Å². The van der Waals surface area contributed by atoms with Gasteiger partial charge >= 0.3 is 5.97 Å². The Morgan fingerprint density at radius 2 is 1.93 bits per heavy atom. The lowest BCUT2D eigenvalue weighted by atomic mass is 9.87. The summed E-state index contributed by atoms with van der Waals surface area (Å²) in [5.41, 5.74) is 2.43. The topological polar surface area (TPSA) is 43.4 Å². The number of Topliss-reactive ketones (excluding diaryl/α,β-unsaturated/α-hetero) is 1. The molecule has 0 bridgehead atoms. The van der Waals surface area contributed by atoms with E-state index in [1.165, 1.54) is 11.1 Å². The summed E-state index contributed by atoms with van der Waals surface area (Å²) < 4.78 is 5.13. The van der Waals surface area contributed by atoms with Crippen molar-refractivity contribution in [3.63, 3.8) is 0 Å². The zero-order chi connectivity index (χ0) is 20.5. The average molecular weight is 383 g/mol. The molecule has 2 rings (SSSR count). The van der Waals surface area contributed by atoms with Crippen molar-refractivity contribution in [2.45, 2.75) is 65.9 Å². The van der Waals surface area contributed by atoms with Gasteiger partial charge in [0.2, 0.25) is 0 Å². The summed E-state index contributed by atoms with van der Waals surface area (Å²) >= 11 is 0. The molecule has 1 aromatic carbocycles. The zero-order valence-electron chi connectivity index (χ0n) is 17.7. The van der Waals surface area contributed by atoms with Crippen LogP contribution in [0.2, 0.25) is 0 Å². The Labute approximate surface area is 169 Å². The van der Waals surface area contributed by atoms with Gasteiger partial charge in [0.15, 0.2) is 0 Å². The Balaban J connectivity index is 1.83. The van der Waals surface area contributed by atoms with Crippen molar-refractivity contribution < 1.29 is 14.3 Å². The molecule has 3 nitrogen and oxygen atoms in total. The molecule has 152 valence electrons. The highest BCUT2D eigenvalue weighted by atomic mass is 16.5. The minimum Gasteiger partial charge on any atom is -0.463 e. The van der Waals surface area contributed by atoms with Gasteiger partial charge in [-0.15, -0.1) is 0 Å². The van der Waals surface area contributed by atoms with Crippen molar-refractivity contribution in [1.82, 2.24) is 0 Å². The Kier molecular flexibility index (Phi) is 8.69. The molecule has 0 amide bonds. The van der Waals surface area contributed by atoms with Gasteiger partial charge in [0, 0.05) is 18.8 Å². The van der Waals surface area contributed by atoms with E-state index in [-0.39, 0.29) is 18.0 Å². The van der Waals surface area contributed by atoms with Crippen LogP contribution in [0.3, 0.4) is 0 Å². The fourth-order valence-electron chi connectivity index (χ4n) is 3.77. The third kappa shape index (κ3) is 7.10. The first kappa shape index (κ1) is 22.1. The van der Waals surface area contributed by atoms with Gasteiger partial charge in [-0.3, -0.25) is 9.59 Å². The number of allylic oxidation sites excluding steroid dienone is 3. The van der Waals surface area contributed by atoms with Crippen LogP contribution in [-0.2, 0) is 14.3 Å². The van der Waals surface area contributed by atoms with E-state index in [1.54, 1.807) is 0 Å². The molecule has 1 aliphatic rings. The molecule has 0 aliphatic heterocycles. The van der Waals surface area contributed by atoms with Crippen molar-refractivity contribution >= 4 is 17.8 Å². The van der Waals surface area contributed by atoms with E-state index in [1.807, 2.05) is 13.8 Å². The number of benzene rings is 1. The van der Waals surface area contributed by atoms with Crippen LogP contribution in [0.5, 0.6) is 0 Å². The molecular formula is C25H34O3. The SMILES string of the molecule is Cc1ccc(/C=C/[C@H]2[C@H](C)CC(=O)[C@@H]2C/C=C\CCCC(=O)OC(C)C)cc1. The minimum absolute atomic E-state index is 0.0525. The van der Waals surface area contributed by atoms with E-state index in [9.17, 15) is 9.59 Å². The van der Waals surface area contributed by atoms with E-state index in [4.69, 9.17) is 4.74 Å². The summed E-state index contributed by atoms with van der Waals surface area (Å²) in [6, 6.07) is 8.46. The largest absolute Gasteiger partial charge is 0.463 e. The van der Waals surface area contributed by atoms with E-state index in [2.05, 4.69) is 62.4 Å². The maximum Gasteiger partial charge on any atom is 0.306 e. The number of carbonyl (C=O) groups is 2. The van der Waals surface area contributed by atoms with Gasteiger partial charge in [0.1, 0.15) is 5.78 Å². The average Bonchev–Trinajstić information content (AvgIpc) is 2.90. The van der Waals surface area contributed by atoms with Crippen molar-refractivity contribution in [2.24, 2.45) is 17.8 Å². The fourth-order valence-corrected chi connectivity index (χ4v) is 3.77. The number of unbranched alkanes of at least 4 members (excludes halogenated alkanes) is 1. The second-order valence-electron chi connectivity index (χ2n) is 8.24. The van der Waals surface area contributed by atoms with Gasteiger partial charge in [-0.05, 0) is 57.4 Å². The number of rotatable bonds is 9. The van der Waals surface area contributed by atoms with Crippen LogP contribution in [0.25, 0.3) is 6.08 Å². The Morgan fingerprint density at radius 1 is 1.21 bits per heavy atom. The van der Waals surface area contributed by atoms with Gasteiger partial charge in [-0.2, -0.15) is 0 Å². The fraction of sp³-hybridized carbons (Fsp3) is 0.520. The van der Waals surface area contributed by atoms with Gasteiger partial charge in [-0.1, -0.05) is 61.1 Å². The number of esters is 1. The summed E-state index contributed by atoms with van der Waals surface area (Å²) in [5, 5.41) is 0. The van der Waals surface area contributed by atoms with Gasteiger partial charge in [0.25, 0.3) is 0 Å². The third-order valence-electron chi connectivity index (χ3n) is 5.32. The molecule has 1 aromatic rings. The smallest absolute Gasteiger partial charge is 0.306 e. The predicted octanol–water partition coefficient (Wildman–Crippen LogP) is 5.92. The Morgan fingerprint density at radius 3 is 2.61 bits per heavy atom. The van der Waals surface area contributed by atoms with Crippen molar-refractivity contribution in [3.05, 3.63) is 53.6 Å². The highest BCUT2D eigenvalue weighted by Gasteiger charge is 2.37. The molecule has 1 aliphatic carbocycles. The maximum absolute atomic E-state index is 12.4. The highest BCUT2D eigenvalue weighted by molar-refractivity contribution is 5.84. The lowest BCUT2D eigenvalue weighted by molar-refractivity contribution is -0.147. The Bertz CT molecular complexity index is 697. The first-order valence-electron chi connectivity index (χ1n) is 10.5. The summed E-state index contributed by atoms with van der Waals surface area (Å²) in [5.74, 6) is 0.984. The third-order valence-corrected chi connectivity index (χ3v) is 5.32. The highest BCUT2D eigenvalue weighted by Crippen LogP contribution is 2.37. The zero-order valence-corrected chi connectivity index (χ0v) is 17.7. The minimum atomic E-state index is -0.135. The molecule has 0 aromatic heterocycles. The van der Waals surface area contributed by atoms with Gasteiger partial charge < -0.3 is 4.74 Å². The molecule has 0 unspecified atom stereocenters. The van der Waals surface area contributed by atoms with Crippen LogP contribution in [0.15, 0.2) is 42.5 Å². The lowest BCUT2D eigenvalue weighted by Crippen LogP contribution is -2.14. The van der Waals surface area contributed by atoms with Crippen LogP contribution in [0.4, 0.5) is 0 Å². The number of aryl methyl sites for hydroxylation is 1. The number of hydrogen-bond donors (Lipinski definition) is 0. The molecule has 0 radical (unpaired) electrons. The van der Waals surface area contributed by atoms with E-state index < -0.39 is 0 Å². The van der Waals surface area contributed by atoms with Crippen molar-refractivity contribution in [2.75, 3.05) is 0 Å². The molecule has 0 heterocycles. The normalized spacial score (nSPS) is 22.6. The number of hydrogen-bond acceptors (Lipinski definition) is 3. The number of ether oxygens (including phenoxy) is 1. The first-order valence-corrected chi connectivity index (χ1v) is 10.5. The maximum atomic E-state index is 12.4. The van der Waals surface area contributed by atoms with Gasteiger partial charge in [-0.25, -0.2) is 0 Å². The van der Waals surface area contributed by atoms with Crippen molar-refractivity contribution in [1.29, 1.82) is 0 Å². The van der Waals surface area contributed by atoms with E-state index >= 15 is 0 Å². The Hall–Kier alpha value is -2.16. The summed E-state index contributed by atoms with van der Waals surface area (Å²) in [6.45, 7) is 7.98. The summed E-state index contributed by atoms with van der Waals surface area (Å²) in [7, 11) is 0. The van der Waals surface area contributed by atoms with Crippen molar-refractivity contribution in [3.8, 4) is 0 Å². The van der Waals surface area contributed by atoms with E-state index in [0.717, 1.165) is 19.3 Å². The molecule has 28 heavy (non-hydrogen) atoms. The van der Waals surface area contributed by atoms with E-state index in [0.29, 0.717) is 30.5 Å². The molecular weight excluding hydrogens is 348 g/mol. The quantitative estimate of drug-likeness (QED) is 0.302. The summed E-state index contributed by atoms with van der Waals surface area (Å²) in [6.07, 6.45) is 12.1. The van der Waals surface area contributed by atoms with Crippen LogP contribution in [0, 0.1) is 24.7 Å². The molecule has 0 N–H and O–H groups in total. The second kappa shape index (κ2) is 11.0. The van der Waals surface area contributed by atoms with Crippen LogP contribution < -0.4 is 0 Å².